The number of hydrogen-bond donors (Lipinski definition) is 2. The third-order valence-electron chi connectivity index (χ3n) is 5.74. The Labute approximate surface area is 145 Å². The molecule has 0 unspecified atom stereocenters. The number of piperidine rings is 1. The van der Waals surface area contributed by atoms with Crippen LogP contribution in [-0.4, -0.2) is 38.8 Å². The molecule has 1 aliphatic heterocycles. The fraction of sp³-hybridized carbons (Fsp3) is 0.529. The van der Waals surface area contributed by atoms with Crippen LogP contribution < -0.4 is 11.7 Å². The van der Waals surface area contributed by atoms with Gasteiger partial charge in [0.05, 0.1) is 11.2 Å². The van der Waals surface area contributed by atoms with E-state index < -0.39 is 5.54 Å². The first-order valence-electron chi connectivity index (χ1n) is 8.43. The van der Waals surface area contributed by atoms with Crippen molar-refractivity contribution in [2.24, 2.45) is 36.5 Å². The van der Waals surface area contributed by atoms with Gasteiger partial charge in [0, 0.05) is 31.4 Å². The second-order valence-corrected chi connectivity index (χ2v) is 7.68. The summed E-state index contributed by atoms with van der Waals surface area (Å²) in [5, 5.41) is 8.15. The molecule has 1 aromatic heterocycles. The lowest BCUT2D eigenvalue weighted by Crippen LogP contribution is -2.52. The number of hydrogen-bond acceptors (Lipinski definition) is 5. The molecule has 3 atom stereocenters. The number of amides is 1. The molecule has 0 bridgehead atoms. The average molecular weight is 346 g/mol. The van der Waals surface area contributed by atoms with Gasteiger partial charge in [-0.25, -0.2) is 15.2 Å². The summed E-state index contributed by atoms with van der Waals surface area (Å²) < 4.78 is 15.6. The van der Waals surface area contributed by atoms with Crippen LogP contribution in [0, 0.1) is 23.6 Å². The van der Waals surface area contributed by atoms with E-state index in [-0.39, 0.29) is 29.5 Å². The molecule has 1 amide bonds. The fourth-order valence-corrected chi connectivity index (χ4v) is 4.22. The van der Waals surface area contributed by atoms with Crippen molar-refractivity contribution in [2.75, 3.05) is 13.1 Å². The Morgan fingerprint density at radius 2 is 2.00 bits per heavy atom. The van der Waals surface area contributed by atoms with Crippen molar-refractivity contribution < 1.29 is 9.18 Å². The molecule has 7 nitrogen and oxygen atoms in total. The molecule has 25 heavy (non-hydrogen) atoms. The minimum atomic E-state index is -0.857. The molecule has 2 fully saturated rings. The molecule has 4 rings (SSSR count). The maximum Gasteiger partial charge on any atom is 0.241 e. The van der Waals surface area contributed by atoms with Gasteiger partial charge in [-0.3, -0.25) is 20.3 Å². The van der Waals surface area contributed by atoms with Gasteiger partial charge in [-0.15, -0.1) is 0 Å². The van der Waals surface area contributed by atoms with E-state index in [4.69, 9.17) is 11.7 Å². The van der Waals surface area contributed by atoms with Crippen LogP contribution in [0.4, 0.5) is 4.39 Å². The van der Waals surface area contributed by atoms with Crippen molar-refractivity contribution in [3.8, 4) is 0 Å². The highest BCUT2D eigenvalue weighted by atomic mass is 19.1. The summed E-state index contributed by atoms with van der Waals surface area (Å²) in [7, 11) is 1.69. The maximum absolute atomic E-state index is 14.1. The molecule has 2 aliphatic rings. The van der Waals surface area contributed by atoms with E-state index in [1.807, 2.05) is 13.8 Å². The second kappa shape index (κ2) is 5.23. The monoisotopic (exact) mass is 346 g/mol. The molecule has 4 N–H and O–H groups in total. The van der Waals surface area contributed by atoms with Gasteiger partial charge in [-0.05, 0) is 31.7 Å². The molecule has 8 heteroatoms. The predicted molar refractivity (Wildman–Crippen MR) is 91.0 cm³/mol. The summed E-state index contributed by atoms with van der Waals surface area (Å²) in [6.45, 7) is 5.14. The Morgan fingerprint density at radius 1 is 1.36 bits per heavy atom. The minimum absolute atomic E-state index is 0.0733. The van der Waals surface area contributed by atoms with Crippen LogP contribution in [-0.2, 0) is 17.4 Å². The van der Waals surface area contributed by atoms with Crippen molar-refractivity contribution >= 4 is 16.8 Å². The first-order chi connectivity index (χ1) is 11.7. The average Bonchev–Trinajstić information content (AvgIpc) is 2.89. The second-order valence-electron chi connectivity index (χ2n) is 7.68. The molecular weight excluding hydrogens is 323 g/mol. The van der Waals surface area contributed by atoms with Gasteiger partial charge in [0.2, 0.25) is 5.91 Å². The molecule has 2 aromatic rings. The number of rotatable bonds is 3. The summed E-state index contributed by atoms with van der Waals surface area (Å²) in [6, 6.07) is 4.85. The van der Waals surface area contributed by atoms with Crippen molar-refractivity contribution in [3.63, 3.8) is 0 Å². The predicted octanol–water partition coefficient (Wildman–Crippen LogP) is 0.701. The van der Waals surface area contributed by atoms with Crippen LogP contribution >= 0.6 is 0 Å². The molecule has 2 heterocycles. The fourth-order valence-electron chi connectivity index (χ4n) is 4.22. The van der Waals surface area contributed by atoms with E-state index in [1.54, 1.807) is 24.2 Å². The lowest BCUT2D eigenvalue weighted by Gasteiger charge is -2.34. The Balaban J connectivity index is 1.66. The van der Waals surface area contributed by atoms with E-state index in [1.165, 1.54) is 15.8 Å². The summed E-state index contributed by atoms with van der Waals surface area (Å²) in [6.07, 6.45) is 0. The van der Waals surface area contributed by atoms with Gasteiger partial charge in [-0.2, -0.15) is 5.10 Å². The maximum atomic E-state index is 14.1. The zero-order valence-corrected chi connectivity index (χ0v) is 14.6. The van der Waals surface area contributed by atoms with Crippen LogP contribution in [0.1, 0.15) is 19.5 Å². The highest BCUT2D eigenvalue weighted by Crippen LogP contribution is 2.52. The first-order valence-corrected chi connectivity index (χ1v) is 8.43. The topological polar surface area (TPSA) is 93.4 Å². The highest BCUT2D eigenvalue weighted by Gasteiger charge is 2.60. The Kier molecular flexibility index (Phi) is 3.44. The van der Waals surface area contributed by atoms with Gasteiger partial charge in [0.15, 0.2) is 0 Å². The number of aryl methyl sites for hydroxylation is 1. The minimum Gasteiger partial charge on any atom is -0.273 e. The van der Waals surface area contributed by atoms with Crippen LogP contribution in [0.2, 0.25) is 0 Å². The summed E-state index contributed by atoms with van der Waals surface area (Å²) in [4.78, 5) is 12.9. The SMILES string of the molecule is Cn1nc(C(C)(C)N(N)C(=O)[C@H]2[C@@H]3CN(N)C[C@@H]32)c2cccc(F)c21. The van der Waals surface area contributed by atoms with Gasteiger partial charge in [0.1, 0.15) is 11.3 Å². The first kappa shape index (κ1) is 16.4. The normalized spacial score (nSPS) is 26.1. The zero-order valence-electron chi connectivity index (χ0n) is 14.6. The summed E-state index contributed by atoms with van der Waals surface area (Å²) in [5.74, 6) is 12.1. The van der Waals surface area contributed by atoms with E-state index in [9.17, 15) is 9.18 Å². The van der Waals surface area contributed by atoms with Gasteiger partial charge in [0.25, 0.3) is 0 Å². The smallest absolute Gasteiger partial charge is 0.241 e. The van der Waals surface area contributed by atoms with E-state index in [0.717, 1.165) is 13.1 Å². The molecule has 0 radical (unpaired) electrons. The summed E-state index contributed by atoms with van der Waals surface area (Å²) in [5.41, 5.74) is 0.143. The summed E-state index contributed by atoms with van der Waals surface area (Å²) >= 11 is 0. The quantitative estimate of drug-likeness (QED) is 0.485. The van der Waals surface area contributed by atoms with E-state index in [2.05, 4.69) is 5.10 Å². The Morgan fingerprint density at radius 3 is 2.64 bits per heavy atom. The molecular formula is C17H23FN6O. The van der Waals surface area contributed by atoms with Crippen molar-refractivity contribution in [1.82, 2.24) is 19.8 Å². The Hall–Kier alpha value is -2.03. The van der Waals surface area contributed by atoms with E-state index >= 15 is 0 Å². The largest absolute Gasteiger partial charge is 0.273 e. The number of para-hydroxylation sites is 1. The molecule has 134 valence electrons. The molecule has 0 spiro atoms. The van der Waals surface area contributed by atoms with Crippen molar-refractivity contribution in [1.29, 1.82) is 0 Å². The van der Waals surface area contributed by atoms with E-state index in [0.29, 0.717) is 16.6 Å². The lowest BCUT2D eigenvalue weighted by atomic mass is 9.95. The zero-order chi connectivity index (χ0) is 18.1. The highest BCUT2D eigenvalue weighted by molar-refractivity contribution is 5.86. The van der Waals surface area contributed by atoms with Gasteiger partial charge >= 0.3 is 0 Å². The number of nitrogens with two attached hydrogens (primary N) is 2. The number of nitrogens with zero attached hydrogens (tertiary/aromatic N) is 4. The number of halogens is 1. The van der Waals surface area contributed by atoms with Crippen LogP contribution in [0.3, 0.4) is 0 Å². The van der Waals surface area contributed by atoms with Crippen LogP contribution in [0.5, 0.6) is 0 Å². The van der Waals surface area contributed by atoms with Crippen LogP contribution in [0.15, 0.2) is 18.2 Å². The third kappa shape index (κ3) is 2.28. The molecule has 1 aromatic carbocycles. The Bertz CT molecular complexity index is 850. The molecule has 1 aliphatic carbocycles. The van der Waals surface area contributed by atoms with Crippen molar-refractivity contribution in [3.05, 3.63) is 29.7 Å². The third-order valence-corrected chi connectivity index (χ3v) is 5.74. The molecule has 1 saturated carbocycles. The standard InChI is InChI=1S/C17H23FN6O/c1-17(2,15-9-5-4-6-12(18)14(9)22(3)21-15)24(20)16(25)13-10-7-23(19)8-11(10)13/h4-6,10-11,13H,7-8,19-20H2,1-3H3/t10-,11+,13+. The number of aromatic nitrogens is 2. The number of hydrazine groups is 2. The molecule has 1 saturated heterocycles. The number of benzene rings is 1. The van der Waals surface area contributed by atoms with Gasteiger partial charge in [-0.1, -0.05) is 12.1 Å². The van der Waals surface area contributed by atoms with Gasteiger partial charge < -0.3 is 0 Å². The number of fused-ring (bicyclic) bond motifs is 2. The number of carbonyl (C=O) groups is 1. The van der Waals surface area contributed by atoms with Crippen molar-refractivity contribution in [2.45, 2.75) is 19.4 Å². The van der Waals surface area contributed by atoms with Crippen LogP contribution in [0.25, 0.3) is 10.9 Å². The number of carbonyl (C=O) groups excluding carboxylic acids is 1. The lowest BCUT2D eigenvalue weighted by molar-refractivity contribution is -0.140.